The molecule has 3 aromatic rings. The van der Waals surface area contributed by atoms with Gasteiger partial charge in [0.05, 0.1) is 5.52 Å². The summed E-state index contributed by atoms with van der Waals surface area (Å²) in [7, 11) is 0. The lowest BCUT2D eigenvalue weighted by molar-refractivity contribution is 0.0965. The lowest BCUT2D eigenvalue weighted by atomic mass is 10.1. The average molecular weight is 249 g/mol. The average Bonchev–Trinajstić information content (AvgIpc) is 2.77. The maximum atomic E-state index is 12.5. The Balaban J connectivity index is 2.14. The molecule has 0 aliphatic rings. The topological polar surface area (TPSA) is 22.0 Å². The normalized spacial score (nSPS) is 10.8. The van der Waals surface area contributed by atoms with Crippen molar-refractivity contribution in [1.82, 2.24) is 4.57 Å². The minimum Gasteiger partial charge on any atom is -0.283 e. The van der Waals surface area contributed by atoms with Crippen LogP contribution >= 0.6 is 0 Å². The van der Waals surface area contributed by atoms with E-state index in [0.29, 0.717) is 5.56 Å². The van der Waals surface area contributed by atoms with Gasteiger partial charge in [-0.3, -0.25) is 9.36 Å². The lowest BCUT2D eigenvalue weighted by Crippen LogP contribution is -2.10. The van der Waals surface area contributed by atoms with Crippen LogP contribution < -0.4 is 0 Å². The van der Waals surface area contributed by atoms with Gasteiger partial charge in [0.1, 0.15) is 0 Å². The third-order valence-electron chi connectivity index (χ3n) is 3.43. The fourth-order valence-electron chi connectivity index (χ4n) is 2.35. The number of aromatic nitrogens is 1. The highest BCUT2D eigenvalue weighted by Crippen LogP contribution is 2.21. The number of carbonyl (C=O) groups is 1. The van der Waals surface area contributed by atoms with Crippen LogP contribution in [0.4, 0.5) is 0 Å². The molecule has 2 heteroatoms. The smallest absolute Gasteiger partial charge is 0.262 e. The van der Waals surface area contributed by atoms with Crippen molar-refractivity contribution in [2.24, 2.45) is 0 Å². The minimum absolute atomic E-state index is 0.0179. The number of nitrogens with zero attached hydrogens (tertiary/aromatic N) is 1. The van der Waals surface area contributed by atoms with Crippen molar-refractivity contribution in [1.29, 1.82) is 0 Å². The highest BCUT2D eigenvalue weighted by molar-refractivity contribution is 6.02. The second-order valence-electron chi connectivity index (χ2n) is 4.87. The molecule has 2 nitrogen and oxygen atoms in total. The first-order valence-corrected chi connectivity index (χ1v) is 6.35. The van der Waals surface area contributed by atoms with Crippen LogP contribution in [0.2, 0.25) is 0 Å². The predicted molar refractivity (Wildman–Crippen MR) is 77.6 cm³/mol. The van der Waals surface area contributed by atoms with E-state index in [2.05, 4.69) is 0 Å². The number of hydrogen-bond acceptors (Lipinski definition) is 1. The molecule has 0 radical (unpaired) electrons. The van der Waals surface area contributed by atoms with Gasteiger partial charge in [0.25, 0.3) is 5.91 Å². The second-order valence-corrected chi connectivity index (χ2v) is 4.87. The highest BCUT2D eigenvalue weighted by Gasteiger charge is 2.12. The molecule has 3 rings (SSSR count). The third-order valence-corrected chi connectivity index (χ3v) is 3.43. The fraction of sp³-hybridized carbons (Fsp3) is 0.118. The largest absolute Gasteiger partial charge is 0.283 e. The summed E-state index contributed by atoms with van der Waals surface area (Å²) in [5, 5.41) is 1.13. The molecule has 0 atom stereocenters. The van der Waals surface area contributed by atoms with Gasteiger partial charge in [-0.2, -0.15) is 0 Å². The molecule has 1 aromatic heterocycles. The summed E-state index contributed by atoms with van der Waals surface area (Å²) in [4.78, 5) is 12.5. The summed E-state index contributed by atoms with van der Waals surface area (Å²) in [5.74, 6) is 0.0179. The van der Waals surface area contributed by atoms with Gasteiger partial charge in [0.15, 0.2) is 0 Å². The molecule has 94 valence electrons. The SMILES string of the molecule is Cc1ccc(C(=O)n2cc(C)c3ccccc32)cc1. The van der Waals surface area contributed by atoms with E-state index in [0.717, 1.165) is 22.0 Å². The summed E-state index contributed by atoms with van der Waals surface area (Å²) < 4.78 is 1.73. The van der Waals surface area contributed by atoms with E-state index in [1.54, 1.807) is 4.57 Å². The quantitative estimate of drug-likeness (QED) is 0.640. The first-order valence-electron chi connectivity index (χ1n) is 6.35. The molecule has 0 saturated heterocycles. The zero-order valence-electron chi connectivity index (χ0n) is 11.1. The summed E-state index contributed by atoms with van der Waals surface area (Å²) in [6.07, 6.45) is 1.91. The van der Waals surface area contributed by atoms with Crippen molar-refractivity contribution in [2.45, 2.75) is 13.8 Å². The van der Waals surface area contributed by atoms with Crippen LogP contribution in [0.3, 0.4) is 0 Å². The molecule has 0 aliphatic carbocycles. The molecule has 2 aromatic carbocycles. The van der Waals surface area contributed by atoms with Gasteiger partial charge < -0.3 is 0 Å². The van der Waals surface area contributed by atoms with E-state index < -0.39 is 0 Å². The van der Waals surface area contributed by atoms with Crippen LogP contribution in [-0.2, 0) is 0 Å². The first kappa shape index (κ1) is 11.7. The van der Waals surface area contributed by atoms with Crippen LogP contribution in [0.15, 0.2) is 54.7 Å². The van der Waals surface area contributed by atoms with Crippen LogP contribution in [0.25, 0.3) is 10.9 Å². The van der Waals surface area contributed by atoms with Crippen LogP contribution in [-0.4, -0.2) is 10.5 Å². The van der Waals surface area contributed by atoms with Crippen LogP contribution in [0, 0.1) is 13.8 Å². The number of benzene rings is 2. The van der Waals surface area contributed by atoms with Gasteiger partial charge in [-0.1, -0.05) is 35.9 Å². The molecule has 0 unspecified atom stereocenters. The van der Waals surface area contributed by atoms with E-state index in [4.69, 9.17) is 0 Å². The summed E-state index contributed by atoms with van der Waals surface area (Å²) in [6.45, 7) is 4.05. The standard InChI is InChI=1S/C17H15NO/c1-12-7-9-14(10-8-12)17(19)18-11-13(2)15-5-3-4-6-16(15)18/h3-11H,1-2H3. The van der Waals surface area contributed by atoms with Crippen molar-refractivity contribution in [3.05, 3.63) is 71.4 Å². The fourth-order valence-corrected chi connectivity index (χ4v) is 2.35. The van der Waals surface area contributed by atoms with E-state index in [-0.39, 0.29) is 5.91 Å². The summed E-state index contributed by atoms with van der Waals surface area (Å²) >= 11 is 0. The van der Waals surface area contributed by atoms with Gasteiger partial charge in [0, 0.05) is 17.1 Å². The molecule has 0 N–H and O–H groups in total. The van der Waals surface area contributed by atoms with Gasteiger partial charge in [-0.25, -0.2) is 0 Å². The van der Waals surface area contributed by atoms with Gasteiger partial charge in [-0.15, -0.1) is 0 Å². The maximum absolute atomic E-state index is 12.5. The number of para-hydroxylation sites is 1. The summed E-state index contributed by atoms with van der Waals surface area (Å²) in [5.41, 5.74) is 3.96. The highest BCUT2D eigenvalue weighted by atomic mass is 16.2. The molecule has 0 spiro atoms. The predicted octanol–water partition coefficient (Wildman–Crippen LogP) is 3.95. The Morgan fingerprint density at radius 2 is 1.63 bits per heavy atom. The van der Waals surface area contributed by atoms with Crippen LogP contribution in [0.5, 0.6) is 0 Å². The Bertz CT molecular complexity index is 751. The van der Waals surface area contributed by atoms with Crippen molar-refractivity contribution in [3.8, 4) is 0 Å². The number of hydrogen-bond donors (Lipinski definition) is 0. The monoisotopic (exact) mass is 249 g/mol. The van der Waals surface area contributed by atoms with E-state index >= 15 is 0 Å². The molecule has 0 aliphatic heterocycles. The third kappa shape index (κ3) is 1.95. The molecular formula is C17H15NO. The number of rotatable bonds is 1. The van der Waals surface area contributed by atoms with E-state index in [1.165, 1.54) is 0 Å². The Hall–Kier alpha value is -2.35. The van der Waals surface area contributed by atoms with Crippen molar-refractivity contribution in [3.63, 3.8) is 0 Å². The van der Waals surface area contributed by atoms with Gasteiger partial charge in [-0.05, 0) is 37.6 Å². The van der Waals surface area contributed by atoms with E-state index in [1.807, 2.05) is 68.6 Å². The Morgan fingerprint density at radius 1 is 0.947 bits per heavy atom. The van der Waals surface area contributed by atoms with Gasteiger partial charge in [0.2, 0.25) is 0 Å². The molecular weight excluding hydrogens is 234 g/mol. The molecule has 0 fully saturated rings. The summed E-state index contributed by atoms with van der Waals surface area (Å²) in [6, 6.07) is 15.7. The Kier molecular flexibility index (Phi) is 2.71. The van der Waals surface area contributed by atoms with Gasteiger partial charge >= 0.3 is 0 Å². The van der Waals surface area contributed by atoms with Crippen molar-refractivity contribution in [2.75, 3.05) is 0 Å². The van der Waals surface area contributed by atoms with Crippen molar-refractivity contribution < 1.29 is 4.79 Å². The molecule has 0 saturated carbocycles. The number of carbonyl (C=O) groups excluding carboxylic acids is 1. The van der Waals surface area contributed by atoms with E-state index in [9.17, 15) is 4.79 Å². The Morgan fingerprint density at radius 3 is 2.37 bits per heavy atom. The molecule has 0 bridgehead atoms. The molecule has 0 amide bonds. The zero-order valence-corrected chi connectivity index (χ0v) is 11.1. The number of aryl methyl sites for hydroxylation is 2. The lowest BCUT2D eigenvalue weighted by Gasteiger charge is -2.04. The molecule has 1 heterocycles. The van der Waals surface area contributed by atoms with Crippen molar-refractivity contribution >= 4 is 16.8 Å². The minimum atomic E-state index is 0.0179. The zero-order chi connectivity index (χ0) is 13.4. The maximum Gasteiger partial charge on any atom is 0.262 e. The number of fused-ring (bicyclic) bond motifs is 1. The Labute approximate surface area is 112 Å². The first-order chi connectivity index (χ1) is 9.16. The molecule has 19 heavy (non-hydrogen) atoms. The van der Waals surface area contributed by atoms with Crippen LogP contribution in [0.1, 0.15) is 21.5 Å². The second kappa shape index (κ2) is 4.39.